The Balaban J connectivity index is 2.54. The molecule has 0 saturated heterocycles. The van der Waals surface area contributed by atoms with Crippen molar-refractivity contribution in [2.24, 2.45) is 0 Å². The maximum Gasteiger partial charge on any atom is 0.323 e. The Morgan fingerprint density at radius 3 is 2.63 bits per heavy atom. The normalized spacial score (nSPS) is 10.3. The molecule has 1 amide bonds. The van der Waals surface area contributed by atoms with Gasteiger partial charge in [-0.05, 0) is 23.6 Å². The van der Waals surface area contributed by atoms with Gasteiger partial charge in [-0.3, -0.25) is 9.59 Å². The molecule has 104 valence electrons. The van der Waals surface area contributed by atoms with Crippen LogP contribution in [0.25, 0.3) is 0 Å². The van der Waals surface area contributed by atoms with E-state index in [1.807, 2.05) is 18.2 Å². The van der Waals surface area contributed by atoms with Gasteiger partial charge in [-0.15, -0.1) is 0 Å². The standard InChI is InChI=1S/C14H19NO4/c1-10(2)11-5-4-6-12(7-11)19-9-13(16)15(3)8-14(17)18/h4-7,10H,8-9H2,1-3H3,(H,17,18). The highest BCUT2D eigenvalue weighted by Gasteiger charge is 2.12. The Kier molecular flexibility index (Phi) is 5.36. The summed E-state index contributed by atoms with van der Waals surface area (Å²) in [6.07, 6.45) is 0. The Morgan fingerprint density at radius 2 is 2.05 bits per heavy atom. The van der Waals surface area contributed by atoms with Crippen molar-refractivity contribution in [1.29, 1.82) is 0 Å². The summed E-state index contributed by atoms with van der Waals surface area (Å²) < 4.78 is 5.38. The van der Waals surface area contributed by atoms with Crippen LogP contribution in [0.15, 0.2) is 24.3 Å². The third kappa shape index (κ3) is 4.99. The maximum absolute atomic E-state index is 11.6. The summed E-state index contributed by atoms with van der Waals surface area (Å²) in [5, 5.41) is 8.58. The molecule has 0 saturated carbocycles. The highest BCUT2D eigenvalue weighted by Crippen LogP contribution is 2.20. The van der Waals surface area contributed by atoms with Crippen LogP contribution in [0.2, 0.25) is 0 Å². The summed E-state index contributed by atoms with van der Waals surface area (Å²) in [6.45, 7) is 3.66. The average molecular weight is 265 g/mol. The summed E-state index contributed by atoms with van der Waals surface area (Å²) >= 11 is 0. The molecule has 19 heavy (non-hydrogen) atoms. The number of carboxylic acid groups (broad SMARTS) is 1. The van der Waals surface area contributed by atoms with Gasteiger partial charge in [-0.2, -0.15) is 0 Å². The van der Waals surface area contributed by atoms with Gasteiger partial charge in [0.05, 0.1) is 0 Å². The molecule has 0 aliphatic heterocycles. The molecule has 0 heterocycles. The molecule has 0 radical (unpaired) electrons. The second kappa shape index (κ2) is 6.78. The van der Waals surface area contributed by atoms with Crippen molar-refractivity contribution in [1.82, 2.24) is 4.90 Å². The third-order valence-electron chi connectivity index (χ3n) is 2.69. The van der Waals surface area contributed by atoms with Gasteiger partial charge in [0.15, 0.2) is 6.61 Å². The zero-order chi connectivity index (χ0) is 14.4. The van der Waals surface area contributed by atoms with E-state index < -0.39 is 5.97 Å². The van der Waals surface area contributed by atoms with E-state index in [-0.39, 0.29) is 19.1 Å². The van der Waals surface area contributed by atoms with Crippen molar-refractivity contribution < 1.29 is 19.4 Å². The Bertz CT molecular complexity index is 457. The molecule has 1 rings (SSSR count). The lowest BCUT2D eigenvalue weighted by atomic mass is 10.0. The molecule has 1 aromatic rings. The number of hydrogen-bond donors (Lipinski definition) is 1. The summed E-state index contributed by atoms with van der Waals surface area (Å²) in [7, 11) is 1.43. The smallest absolute Gasteiger partial charge is 0.323 e. The van der Waals surface area contributed by atoms with E-state index in [9.17, 15) is 9.59 Å². The molecule has 0 aliphatic rings. The molecule has 5 heteroatoms. The molecule has 0 spiro atoms. The summed E-state index contributed by atoms with van der Waals surface area (Å²) in [4.78, 5) is 23.2. The predicted octanol–water partition coefficient (Wildman–Crippen LogP) is 1.73. The van der Waals surface area contributed by atoms with Gasteiger partial charge in [0.2, 0.25) is 0 Å². The largest absolute Gasteiger partial charge is 0.484 e. The van der Waals surface area contributed by atoms with Crippen molar-refractivity contribution in [3.8, 4) is 5.75 Å². The fourth-order valence-corrected chi connectivity index (χ4v) is 1.51. The molecule has 5 nitrogen and oxygen atoms in total. The average Bonchev–Trinajstić information content (AvgIpc) is 2.35. The number of carboxylic acids is 1. The number of nitrogens with zero attached hydrogens (tertiary/aromatic N) is 1. The minimum atomic E-state index is -1.04. The molecule has 0 unspecified atom stereocenters. The van der Waals surface area contributed by atoms with E-state index in [4.69, 9.17) is 9.84 Å². The molecule has 0 aromatic heterocycles. The second-order valence-electron chi connectivity index (χ2n) is 4.66. The molecule has 1 aromatic carbocycles. The van der Waals surface area contributed by atoms with E-state index >= 15 is 0 Å². The van der Waals surface area contributed by atoms with Gasteiger partial charge in [0, 0.05) is 7.05 Å². The molecule has 0 bridgehead atoms. The quantitative estimate of drug-likeness (QED) is 0.850. The van der Waals surface area contributed by atoms with Gasteiger partial charge in [0.1, 0.15) is 12.3 Å². The first kappa shape index (κ1) is 15.0. The van der Waals surface area contributed by atoms with Crippen LogP contribution < -0.4 is 4.74 Å². The van der Waals surface area contributed by atoms with Crippen molar-refractivity contribution >= 4 is 11.9 Å². The number of likely N-dealkylation sites (N-methyl/N-ethyl adjacent to an activating group) is 1. The zero-order valence-corrected chi connectivity index (χ0v) is 11.4. The van der Waals surface area contributed by atoms with Crippen LogP contribution in [0.5, 0.6) is 5.75 Å². The monoisotopic (exact) mass is 265 g/mol. The fourth-order valence-electron chi connectivity index (χ4n) is 1.51. The Morgan fingerprint density at radius 1 is 1.37 bits per heavy atom. The maximum atomic E-state index is 11.6. The predicted molar refractivity (Wildman–Crippen MR) is 71.3 cm³/mol. The SMILES string of the molecule is CC(C)c1cccc(OCC(=O)N(C)CC(=O)O)c1. The molecular formula is C14H19NO4. The van der Waals surface area contributed by atoms with Crippen molar-refractivity contribution in [3.63, 3.8) is 0 Å². The molecule has 0 aliphatic carbocycles. The lowest BCUT2D eigenvalue weighted by Crippen LogP contribution is -2.35. The second-order valence-corrected chi connectivity index (χ2v) is 4.66. The van der Waals surface area contributed by atoms with Gasteiger partial charge >= 0.3 is 5.97 Å². The lowest BCUT2D eigenvalue weighted by molar-refractivity contribution is -0.144. The number of carbonyl (C=O) groups is 2. The summed E-state index contributed by atoms with van der Waals surface area (Å²) in [5.41, 5.74) is 1.13. The number of ether oxygens (including phenoxy) is 1. The minimum Gasteiger partial charge on any atom is -0.484 e. The topological polar surface area (TPSA) is 66.8 Å². The number of carbonyl (C=O) groups excluding carboxylic acids is 1. The summed E-state index contributed by atoms with van der Waals surface area (Å²) in [5.74, 6) is -0.410. The Hall–Kier alpha value is -2.04. The highest BCUT2D eigenvalue weighted by molar-refractivity contribution is 5.82. The van der Waals surface area contributed by atoms with E-state index in [1.165, 1.54) is 7.05 Å². The van der Waals surface area contributed by atoms with Gasteiger partial charge in [0.25, 0.3) is 5.91 Å². The minimum absolute atomic E-state index is 0.161. The molecule has 1 N–H and O–H groups in total. The van der Waals surface area contributed by atoms with Crippen LogP contribution in [0.4, 0.5) is 0 Å². The van der Waals surface area contributed by atoms with Crippen LogP contribution in [-0.2, 0) is 9.59 Å². The molecular weight excluding hydrogens is 246 g/mol. The number of amides is 1. The lowest BCUT2D eigenvalue weighted by Gasteiger charge is -2.15. The van der Waals surface area contributed by atoms with E-state index in [0.717, 1.165) is 10.5 Å². The van der Waals surface area contributed by atoms with Crippen molar-refractivity contribution in [3.05, 3.63) is 29.8 Å². The fraction of sp³-hybridized carbons (Fsp3) is 0.429. The highest BCUT2D eigenvalue weighted by atomic mass is 16.5. The zero-order valence-electron chi connectivity index (χ0n) is 11.4. The number of rotatable bonds is 6. The number of aliphatic carboxylic acids is 1. The van der Waals surface area contributed by atoms with Crippen LogP contribution in [-0.4, -0.2) is 42.1 Å². The van der Waals surface area contributed by atoms with E-state index in [2.05, 4.69) is 13.8 Å². The van der Waals surface area contributed by atoms with Gasteiger partial charge in [-0.1, -0.05) is 26.0 Å². The van der Waals surface area contributed by atoms with Crippen LogP contribution in [0.3, 0.4) is 0 Å². The van der Waals surface area contributed by atoms with Gasteiger partial charge < -0.3 is 14.7 Å². The van der Waals surface area contributed by atoms with E-state index in [0.29, 0.717) is 11.7 Å². The first-order valence-electron chi connectivity index (χ1n) is 6.08. The van der Waals surface area contributed by atoms with Crippen LogP contribution in [0, 0.1) is 0 Å². The van der Waals surface area contributed by atoms with E-state index in [1.54, 1.807) is 6.07 Å². The Labute approximate surface area is 112 Å². The number of hydrogen-bond acceptors (Lipinski definition) is 3. The summed E-state index contributed by atoms with van der Waals surface area (Å²) in [6, 6.07) is 7.53. The van der Waals surface area contributed by atoms with Crippen molar-refractivity contribution in [2.75, 3.05) is 20.2 Å². The molecule has 0 fully saturated rings. The first-order valence-corrected chi connectivity index (χ1v) is 6.08. The molecule has 0 atom stereocenters. The van der Waals surface area contributed by atoms with Crippen LogP contribution >= 0.6 is 0 Å². The van der Waals surface area contributed by atoms with Gasteiger partial charge in [-0.25, -0.2) is 0 Å². The third-order valence-corrected chi connectivity index (χ3v) is 2.69. The van der Waals surface area contributed by atoms with Crippen LogP contribution in [0.1, 0.15) is 25.3 Å². The first-order chi connectivity index (χ1) is 8.90. The number of benzene rings is 1. The van der Waals surface area contributed by atoms with Crippen molar-refractivity contribution in [2.45, 2.75) is 19.8 Å².